The molecule has 1 aliphatic rings. The summed E-state index contributed by atoms with van der Waals surface area (Å²) in [5.41, 5.74) is 0. The predicted octanol–water partition coefficient (Wildman–Crippen LogP) is 1.37. The van der Waals surface area contributed by atoms with Crippen LogP contribution in [0.5, 0.6) is 0 Å². The van der Waals surface area contributed by atoms with Crippen LogP contribution in [-0.2, 0) is 4.74 Å². The minimum absolute atomic E-state index is 0.0933. The van der Waals surface area contributed by atoms with E-state index in [2.05, 4.69) is 9.97 Å². The lowest BCUT2D eigenvalue weighted by Gasteiger charge is -2.36. The molecule has 1 atom stereocenters. The van der Waals surface area contributed by atoms with Gasteiger partial charge in [0.25, 0.3) is 0 Å². The quantitative estimate of drug-likeness (QED) is 0.668. The highest BCUT2D eigenvalue weighted by atomic mass is 35.5. The minimum Gasteiger partial charge on any atom is -0.396 e. The molecule has 94 valence electrons. The number of anilines is 1. The summed E-state index contributed by atoms with van der Waals surface area (Å²) in [5.74, 6) is 0.678. The fourth-order valence-electron chi connectivity index (χ4n) is 1.87. The van der Waals surface area contributed by atoms with E-state index in [0.29, 0.717) is 37.2 Å². The fraction of sp³-hybridized carbons (Fsp3) is 0.600. The lowest BCUT2D eigenvalue weighted by Crippen LogP contribution is -2.46. The van der Waals surface area contributed by atoms with E-state index in [1.54, 1.807) is 6.07 Å². The molecular weight excluding hydrogens is 265 g/mol. The molecule has 1 N–H and O–H groups in total. The maximum atomic E-state index is 9.03. The number of hydrogen-bond donors (Lipinski definition) is 1. The smallest absolute Gasteiger partial charge is 0.225 e. The monoisotopic (exact) mass is 277 g/mol. The third-order valence-corrected chi connectivity index (χ3v) is 3.00. The van der Waals surface area contributed by atoms with Crippen molar-refractivity contribution in [3.8, 4) is 0 Å². The molecule has 0 aliphatic carbocycles. The Hall–Kier alpha value is -0.620. The van der Waals surface area contributed by atoms with Crippen LogP contribution in [0.15, 0.2) is 6.07 Å². The zero-order valence-electron chi connectivity index (χ0n) is 9.14. The lowest BCUT2D eigenvalue weighted by atomic mass is 10.1. The second-order valence-electron chi connectivity index (χ2n) is 3.75. The predicted molar refractivity (Wildman–Crippen MR) is 65.7 cm³/mol. The number of aromatic nitrogens is 2. The number of aliphatic hydroxyl groups is 1. The van der Waals surface area contributed by atoms with Gasteiger partial charge in [0.15, 0.2) is 0 Å². The molecule has 2 heterocycles. The van der Waals surface area contributed by atoms with Crippen LogP contribution in [-0.4, -0.2) is 47.5 Å². The average Bonchev–Trinajstić information content (AvgIpc) is 2.29. The Kier molecular flexibility index (Phi) is 4.39. The first-order chi connectivity index (χ1) is 8.20. The van der Waals surface area contributed by atoms with Crippen molar-refractivity contribution < 1.29 is 9.84 Å². The van der Waals surface area contributed by atoms with Gasteiger partial charge < -0.3 is 14.7 Å². The number of ether oxygens (including phenoxy) is 1. The molecular formula is C10H13Cl2N3O2. The van der Waals surface area contributed by atoms with E-state index in [1.165, 1.54) is 0 Å². The van der Waals surface area contributed by atoms with E-state index in [-0.39, 0.29) is 17.9 Å². The largest absolute Gasteiger partial charge is 0.396 e. The molecule has 17 heavy (non-hydrogen) atoms. The summed E-state index contributed by atoms with van der Waals surface area (Å²) >= 11 is 11.6. The third-order valence-electron chi connectivity index (χ3n) is 2.64. The molecule has 1 aromatic heterocycles. The van der Waals surface area contributed by atoms with Gasteiger partial charge in [0.1, 0.15) is 11.0 Å². The molecule has 2 rings (SSSR count). The van der Waals surface area contributed by atoms with E-state index in [4.69, 9.17) is 33.0 Å². The lowest BCUT2D eigenvalue weighted by molar-refractivity contribution is 0.0845. The number of halogens is 2. The van der Waals surface area contributed by atoms with Crippen molar-refractivity contribution in [3.05, 3.63) is 16.5 Å². The molecule has 1 saturated heterocycles. The summed E-state index contributed by atoms with van der Waals surface area (Å²) < 4.78 is 5.38. The minimum atomic E-state index is 0.0933. The van der Waals surface area contributed by atoms with Crippen LogP contribution in [0.1, 0.15) is 6.42 Å². The topological polar surface area (TPSA) is 58.5 Å². The highest BCUT2D eigenvalue weighted by molar-refractivity contribution is 6.32. The van der Waals surface area contributed by atoms with Crippen LogP contribution in [0.4, 0.5) is 5.82 Å². The van der Waals surface area contributed by atoms with Gasteiger partial charge in [0.05, 0.1) is 19.3 Å². The summed E-state index contributed by atoms with van der Waals surface area (Å²) in [6.45, 7) is 2.01. The average molecular weight is 278 g/mol. The Morgan fingerprint density at radius 1 is 1.47 bits per heavy atom. The molecule has 0 bridgehead atoms. The van der Waals surface area contributed by atoms with E-state index in [1.807, 2.05) is 4.90 Å². The Morgan fingerprint density at radius 2 is 2.29 bits per heavy atom. The highest BCUT2D eigenvalue weighted by Gasteiger charge is 2.24. The fourth-order valence-corrected chi connectivity index (χ4v) is 2.27. The standard InChI is InChI=1S/C10H13Cl2N3O2/c11-8-5-9(14-10(12)13-8)15-2-4-17-6-7(15)1-3-16/h5,7,16H,1-4,6H2. The Balaban J connectivity index is 2.22. The molecule has 0 saturated carbocycles. The normalized spacial score (nSPS) is 20.6. The first kappa shape index (κ1) is 12.8. The molecule has 1 aromatic rings. The van der Waals surface area contributed by atoms with Gasteiger partial charge in [-0.3, -0.25) is 0 Å². The van der Waals surface area contributed by atoms with Crippen molar-refractivity contribution in [3.63, 3.8) is 0 Å². The van der Waals surface area contributed by atoms with Gasteiger partial charge >= 0.3 is 0 Å². The van der Waals surface area contributed by atoms with Crippen molar-refractivity contribution >= 4 is 29.0 Å². The van der Waals surface area contributed by atoms with Crippen molar-refractivity contribution in [1.29, 1.82) is 0 Å². The molecule has 5 nitrogen and oxygen atoms in total. The van der Waals surface area contributed by atoms with Gasteiger partial charge in [-0.05, 0) is 18.0 Å². The van der Waals surface area contributed by atoms with Crippen molar-refractivity contribution in [2.45, 2.75) is 12.5 Å². The Bertz CT molecular complexity index is 370. The third kappa shape index (κ3) is 3.19. The van der Waals surface area contributed by atoms with Crippen molar-refractivity contribution in [1.82, 2.24) is 9.97 Å². The molecule has 0 radical (unpaired) electrons. The van der Waals surface area contributed by atoms with E-state index < -0.39 is 0 Å². The van der Waals surface area contributed by atoms with Crippen molar-refractivity contribution in [2.75, 3.05) is 31.3 Å². The van der Waals surface area contributed by atoms with Crippen LogP contribution in [0.25, 0.3) is 0 Å². The zero-order valence-corrected chi connectivity index (χ0v) is 10.7. The van der Waals surface area contributed by atoms with E-state index >= 15 is 0 Å². The number of aliphatic hydroxyl groups excluding tert-OH is 1. The number of rotatable bonds is 3. The maximum Gasteiger partial charge on any atom is 0.225 e. The summed E-state index contributed by atoms with van der Waals surface area (Å²) in [5, 5.41) is 9.47. The SMILES string of the molecule is OCCC1COCCN1c1cc(Cl)nc(Cl)n1. The molecule has 1 fully saturated rings. The number of hydrogen-bond acceptors (Lipinski definition) is 5. The molecule has 1 unspecified atom stereocenters. The van der Waals surface area contributed by atoms with E-state index in [0.717, 1.165) is 0 Å². The van der Waals surface area contributed by atoms with Crippen LogP contribution < -0.4 is 4.90 Å². The van der Waals surface area contributed by atoms with Gasteiger partial charge in [0.2, 0.25) is 5.28 Å². The molecule has 0 spiro atoms. The van der Waals surface area contributed by atoms with Crippen LogP contribution >= 0.6 is 23.2 Å². The molecule has 0 amide bonds. The van der Waals surface area contributed by atoms with Gasteiger partial charge in [-0.2, -0.15) is 0 Å². The molecule has 0 aromatic carbocycles. The summed E-state index contributed by atoms with van der Waals surface area (Å²) in [6, 6.07) is 1.76. The summed E-state index contributed by atoms with van der Waals surface area (Å²) in [6.07, 6.45) is 0.624. The second kappa shape index (κ2) is 5.82. The number of nitrogens with zero attached hydrogens (tertiary/aromatic N) is 3. The first-order valence-corrected chi connectivity index (χ1v) is 6.11. The van der Waals surface area contributed by atoms with Crippen LogP contribution in [0.3, 0.4) is 0 Å². The van der Waals surface area contributed by atoms with Gasteiger partial charge in [-0.25, -0.2) is 9.97 Å². The molecule has 7 heteroatoms. The van der Waals surface area contributed by atoms with Crippen LogP contribution in [0.2, 0.25) is 10.4 Å². The van der Waals surface area contributed by atoms with Gasteiger partial charge in [-0.15, -0.1) is 0 Å². The van der Waals surface area contributed by atoms with E-state index in [9.17, 15) is 0 Å². The van der Waals surface area contributed by atoms with Crippen LogP contribution in [0, 0.1) is 0 Å². The molecule has 1 aliphatic heterocycles. The van der Waals surface area contributed by atoms with Gasteiger partial charge in [0, 0.05) is 19.2 Å². The second-order valence-corrected chi connectivity index (χ2v) is 4.48. The maximum absolute atomic E-state index is 9.03. The summed E-state index contributed by atoms with van der Waals surface area (Å²) in [7, 11) is 0. The Labute approximate surface area is 109 Å². The van der Waals surface area contributed by atoms with Gasteiger partial charge in [-0.1, -0.05) is 11.6 Å². The van der Waals surface area contributed by atoms with Crippen molar-refractivity contribution in [2.24, 2.45) is 0 Å². The first-order valence-electron chi connectivity index (χ1n) is 5.36. The summed E-state index contributed by atoms with van der Waals surface area (Å²) in [4.78, 5) is 10.0. The zero-order chi connectivity index (χ0) is 12.3. The highest BCUT2D eigenvalue weighted by Crippen LogP contribution is 2.23. The Morgan fingerprint density at radius 3 is 3.00 bits per heavy atom. The number of morpholine rings is 1.